The van der Waals surface area contributed by atoms with Crippen LogP contribution < -0.4 is 5.56 Å². The monoisotopic (exact) mass is 258 g/mol. The zero-order valence-electron chi connectivity index (χ0n) is 10.3. The van der Waals surface area contributed by atoms with Crippen molar-refractivity contribution in [3.63, 3.8) is 0 Å². The molecule has 6 heteroatoms. The predicted octanol–water partition coefficient (Wildman–Crippen LogP) is 1.09. The summed E-state index contributed by atoms with van der Waals surface area (Å²) in [5.41, 5.74) is -0.776. The molecule has 2 heterocycles. The number of carbonyl (C=O) groups excluding carboxylic acids is 1. The molecule has 2 aromatic rings. The molecule has 0 aliphatic heterocycles. The normalized spacial score (nSPS) is 10.2. The fraction of sp³-hybridized carbons (Fsp3) is 0.154. The third-order valence-corrected chi connectivity index (χ3v) is 2.89. The van der Waals surface area contributed by atoms with Gasteiger partial charge in [-0.05, 0) is 24.6 Å². The Morgan fingerprint density at radius 1 is 1.53 bits per heavy atom. The Labute approximate surface area is 108 Å². The van der Waals surface area contributed by atoms with Gasteiger partial charge in [0.2, 0.25) is 11.7 Å². The second-order valence-electron chi connectivity index (χ2n) is 3.98. The highest BCUT2D eigenvalue weighted by Gasteiger charge is 2.24. The standard InChI is InChI=1S/C13H10N2O4/c1-7-8(6-14)12(17)15(2)13(18)10(7)11(16)9-4-3-5-19-9/h3-5,18H,1-2H3. The number of hydrogen-bond acceptors (Lipinski definition) is 5. The summed E-state index contributed by atoms with van der Waals surface area (Å²) in [5, 5.41) is 18.9. The van der Waals surface area contributed by atoms with E-state index in [1.807, 2.05) is 0 Å². The molecule has 0 radical (unpaired) electrons. The van der Waals surface area contributed by atoms with Gasteiger partial charge < -0.3 is 9.52 Å². The summed E-state index contributed by atoms with van der Waals surface area (Å²) >= 11 is 0. The first kappa shape index (κ1) is 12.6. The van der Waals surface area contributed by atoms with E-state index in [2.05, 4.69) is 0 Å². The number of furan rings is 1. The minimum atomic E-state index is -0.645. The van der Waals surface area contributed by atoms with E-state index in [0.717, 1.165) is 4.57 Å². The molecular formula is C13H10N2O4. The molecular weight excluding hydrogens is 248 g/mol. The average molecular weight is 258 g/mol. The van der Waals surface area contributed by atoms with E-state index in [-0.39, 0.29) is 22.5 Å². The van der Waals surface area contributed by atoms with E-state index < -0.39 is 17.2 Å². The lowest BCUT2D eigenvalue weighted by Crippen LogP contribution is -2.24. The average Bonchev–Trinajstić information content (AvgIpc) is 2.91. The molecule has 0 aliphatic carbocycles. The number of rotatable bonds is 2. The maximum atomic E-state index is 12.2. The van der Waals surface area contributed by atoms with E-state index in [1.54, 1.807) is 6.07 Å². The van der Waals surface area contributed by atoms with Gasteiger partial charge in [-0.25, -0.2) is 0 Å². The van der Waals surface area contributed by atoms with Gasteiger partial charge in [0, 0.05) is 7.05 Å². The second kappa shape index (κ2) is 4.46. The van der Waals surface area contributed by atoms with Crippen LogP contribution in [0.2, 0.25) is 0 Å². The van der Waals surface area contributed by atoms with E-state index >= 15 is 0 Å². The first-order valence-electron chi connectivity index (χ1n) is 5.40. The first-order valence-corrected chi connectivity index (χ1v) is 5.40. The summed E-state index contributed by atoms with van der Waals surface area (Å²) in [6, 6.07) is 4.72. The number of ketones is 1. The van der Waals surface area contributed by atoms with Crippen molar-refractivity contribution < 1.29 is 14.3 Å². The third-order valence-electron chi connectivity index (χ3n) is 2.89. The fourth-order valence-electron chi connectivity index (χ4n) is 1.82. The Kier molecular flexibility index (Phi) is 2.97. The number of aromatic nitrogens is 1. The van der Waals surface area contributed by atoms with Gasteiger partial charge >= 0.3 is 0 Å². The molecule has 0 unspecified atom stereocenters. The van der Waals surface area contributed by atoms with Crippen molar-refractivity contribution in [3.8, 4) is 11.9 Å². The largest absolute Gasteiger partial charge is 0.494 e. The van der Waals surface area contributed by atoms with Crippen LogP contribution in [-0.4, -0.2) is 15.5 Å². The van der Waals surface area contributed by atoms with Crippen LogP contribution in [0.25, 0.3) is 0 Å². The summed E-state index contributed by atoms with van der Waals surface area (Å²) in [4.78, 5) is 24.0. The number of aromatic hydroxyl groups is 1. The molecule has 6 nitrogen and oxygen atoms in total. The molecule has 0 atom stereocenters. The Morgan fingerprint density at radius 3 is 2.74 bits per heavy atom. The van der Waals surface area contributed by atoms with Gasteiger partial charge in [0.05, 0.1) is 11.8 Å². The highest BCUT2D eigenvalue weighted by molar-refractivity contribution is 6.09. The van der Waals surface area contributed by atoms with Crippen molar-refractivity contribution in [2.75, 3.05) is 0 Å². The van der Waals surface area contributed by atoms with Gasteiger partial charge in [-0.3, -0.25) is 14.2 Å². The topological polar surface area (TPSA) is 96.2 Å². The van der Waals surface area contributed by atoms with Gasteiger partial charge in [0.15, 0.2) is 5.76 Å². The lowest BCUT2D eigenvalue weighted by Gasteiger charge is -2.11. The molecule has 0 aliphatic rings. The summed E-state index contributed by atoms with van der Waals surface area (Å²) in [6.45, 7) is 1.44. The minimum absolute atomic E-state index is 0.0286. The van der Waals surface area contributed by atoms with Crippen molar-refractivity contribution in [1.29, 1.82) is 5.26 Å². The molecule has 0 saturated heterocycles. The maximum absolute atomic E-state index is 12.2. The smallest absolute Gasteiger partial charge is 0.271 e. The summed E-state index contributed by atoms with van der Waals surface area (Å²) in [6.07, 6.45) is 1.33. The summed E-state index contributed by atoms with van der Waals surface area (Å²) in [5.74, 6) is -1.03. The Balaban J connectivity index is 2.79. The Hall–Kier alpha value is -2.81. The SMILES string of the molecule is Cc1c(C(=O)c2ccco2)c(O)n(C)c(=O)c1C#N. The molecule has 0 spiro atoms. The predicted molar refractivity (Wildman–Crippen MR) is 64.9 cm³/mol. The van der Waals surface area contributed by atoms with Gasteiger partial charge in [-0.2, -0.15) is 5.26 Å². The number of nitrogens with zero attached hydrogens (tertiary/aromatic N) is 2. The number of hydrogen-bond donors (Lipinski definition) is 1. The van der Waals surface area contributed by atoms with Gasteiger partial charge in [-0.1, -0.05) is 0 Å². The van der Waals surface area contributed by atoms with Gasteiger partial charge in [0.1, 0.15) is 11.6 Å². The first-order chi connectivity index (χ1) is 8.99. The molecule has 0 fully saturated rings. The Morgan fingerprint density at radius 2 is 2.21 bits per heavy atom. The molecule has 0 bridgehead atoms. The van der Waals surface area contributed by atoms with Gasteiger partial charge in [-0.15, -0.1) is 0 Å². The van der Waals surface area contributed by atoms with Gasteiger partial charge in [0.25, 0.3) is 5.56 Å². The van der Waals surface area contributed by atoms with Crippen LogP contribution in [0.3, 0.4) is 0 Å². The van der Waals surface area contributed by atoms with Crippen LogP contribution in [0, 0.1) is 18.3 Å². The van der Waals surface area contributed by atoms with E-state index in [0.29, 0.717) is 0 Å². The van der Waals surface area contributed by atoms with Crippen molar-refractivity contribution in [1.82, 2.24) is 4.57 Å². The molecule has 1 N–H and O–H groups in total. The zero-order chi connectivity index (χ0) is 14.2. The maximum Gasteiger partial charge on any atom is 0.271 e. The van der Waals surface area contributed by atoms with Crippen LogP contribution >= 0.6 is 0 Å². The van der Waals surface area contributed by atoms with E-state index in [1.165, 1.54) is 32.4 Å². The molecule has 19 heavy (non-hydrogen) atoms. The van der Waals surface area contributed by atoms with Crippen LogP contribution in [0.5, 0.6) is 5.88 Å². The number of pyridine rings is 1. The molecule has 0 aromatic carbocycles. The fourth-order valence-corrected chi connectivity index (χ4v) is 1.82. The molecule has 96 valence electrons. The summed E-state index contributed by atoms with van der Waals surface area (Å²) in [7, 11) is 1.29. The van der Waals surface area contributed by atoms with Crippen LogP contribution in [0.4, 0.5) is 0 Å². The quantitative estimate of drug-likeness (QED) is 0.813. The van der Waals surface area contributed by atoms with Crippen molar-refractivity contribution in [2.45, 2.75) is 6.92 Å². The second-order valence-corrected chi connectivity index (χ2v) is 3.98. The van der Waals surface area contributed by atoms with Crippen LogP contribution in [0.15, 0.2) is 27.6 Å². The third kappa shape index (κ3) is 1.81. The van der Waals surface area contributed by atoms with Crippen molar-refractivity contribution in [2.24, 2.45) is 7.05 Å². The van der Waals surface area contributed by atoms with E-state index in [9.17, 15) is 14.7 Å². The molecule has 2 aromatic heterocycles. The molecule has 0 saturated carbocycles. The highest BCUT2D eigenvalue weighted by Crippen LogP contribution is 2.24. The lowest BCUT2D eigenvalue weighted by molar-refractivity contribution is 0.100. The molecule has 0 amide bonds. The highest BCUT2D eigenvalue weighted by atomic mass is 16.3. The number of carbonyl (C=O) groups is 1. The molecule has 2 rings (SSSR count). The number of nitriles is 1. The van der Waals surface area contributed by atoms with Crippen molar-refractivity contribution in [3.05, 3.63) is 51.2 Å². The minimum Gasteiger partial charge on any atom is -0.494 e. The van der Waals surface area contributed by atoms with Crippen LogP contribution in [-0.2, 0) is 7.05 Å². The zero-order valence-corrected chi connectivity index (χ0v) is 10.3. The summed E-state index contributed by atoms with van der Waals surface area (Å²) < 4.78 is 5.84. The van der Waals surface area contributed by atoms with Crippen LogP contribution in [0.1, 0.15) is 27.2 Å². The Bertz CT molecular complexity index is 748. The van der Waals surface area contributed by atoms with E-state index in [4.69, 9.17) is 9.68 Å². The lowest BCUT2D eigenvalue weighted by atomic mass is 10.0. The van der Waals surface area contributed by atoms with Crippen molar-refractivity contribution >= 4 is 5.78 Å².